The predicted molar refractivity (Wildman–Crippen MR) is 104 cm³/mol. The summed E-state index contributed by atoms with van der Waals surface area (Å²) in [7, 11) is 0. The standard InChI is InChI=1S/C22H25N3O/c1-22(2,3)20-11-9-17(10-12-20)21(26)23-15-18-7-4-5-8-19(18)16-25-14-6-13-24-25/h4-14H,15-16H2,1-3H3,(H,23,26). The van der Waals surface area contributed by atoms with Gasteiger partial charge < -0.3 is 5.32 Å². The van der Waals surface area contributed by atoms with Crippen molar-refractivity contribution >= 4 is 5.91 Å². The van der Waals surface area contributed by atoms with Crippen molar-refractivity contribution in [3.05, 3.63) is 89.2 Å². The Hall–Kier alpha value is -2.88. The molecule has 0 aliphatic rings. The molecular weight excluding hydrogens is 322 g/mol. The first-order chi connectivity index (χ1) is 12.4. The van der Waals surface area contributed by atoms with Gasteiger partial charge in [0.2, 0.25) is 0 Å². The van der Waals surface area contributed by atoms with E-state index in [1.54, 1.807) is 6.20 Å². The molecule has 3 aromatic rings. The van der Waals surface area contributed by atoms with Crippen molar-refractivity contribution in [3.8, 4) is 0 Å². The number of rotatable bonds is 5. The normalized spacial score (nSPS) is 11.3. The molecule has 26 heavy (non-hydrogen) atoms. The fourth-order valence-corrected chi connectivity index (χ4v) is 2.85. The molecule has 1 amide bonds. The lowest BCUT2D eigenvalue weighted by Crippen LogP contribution is -2.24. The summed E-state index contributed by atoms with van der Waals surface area (Å²) in [6, 6.07) is 17.9. The number of aromatic nitrogens is 2. The van der Waals surface area contributed by atoms with Crippen LogP contribution in [0.1, 0.15) is 47.8 Å². The van der Waals surface area contributed by atoms with Gasteiger partial charge in [0, 0.05) is 24.5 Å². The van der Waals surface area contributed by atoms with Gasteiger partial charge in [0.05, 0.1) is 6.54 Å². The third-order valence-corrected chi connectivity index (χ3v) is 4.46. The van der Waals surface area contributed by atoms with Crippen molar-refractivity contribution in [1.82, 2.24) is 15.1 Å². The van der Waals surface area contributed by atoms with Crippen LogP contribution in [0, 0.1) is 0 Å². The Bertz CT molecular complexity index is 859. The highest BCUT2D eigenvalue weighted by Gasteiger charge is 2.14. The number of nitrogens with one attached hydrogen (secondary N) is 1. The SMILES string of the molecule is CC(C)(C)c1ccc(C(=O)NCc2ccccc2Cn2cccn2)cc1. The molecule has 1 N–H and O–H groups in total. The van der Waals surface area contributed by atoms with E-state index in [1.807, 2.05) is 59.4 Å². The van der Waals surface area contributed by atoms with Crippen molar-refractivity contribution < 1.29 is 4.79 Å². The maximum Gasteiger partial charge on any atom is 0.251 e. The first kappa shape index (κ1) is 17.9. The topological polar surface area (TPSA) is 46.9 Å². The summed E-state index contributed by atoms with van der Waals surface area (Å²) in [5.41, 5.74) is 4.24. The van der Waals surface area contributed by atoms with Gasteiger partial charge in [-0.1, -0.05) is 57.2 Å². The van der Waals surface area contributed by atoms with Crippen LogP contribution in [0.15, 0.2) is 67.0 Å². The Balaban J connectivity index is 1.66. The third kappa shape index (κ3) is 4.39. The highest BCUT2D eigenvalue weighted by Crippen LogP contribution is 2.22. The molecule has 0 radical (unpaired) electrons. The number of hydrogen-bond acceptors (Lipinski definition) is 2. The fourth-order valence-electron chi connectivity index (χ4n) is 2.85. The molecule has 0 saturated heterocycles. The van der Waals surface area contributed by atoms with Crippen molar-refractivity contribution in [1.29, 1.82) is 0 Å². The van der Waals surface area contributed by atoms with Crippen molar-refractivity contribution in [2.45, 2.75) is 39.3 Å². The number of nitrogens with zero attached hydrogens (tertiary/aromatic N) is 2. The lowest BCUT2D eigenvalue weighted by molar-refractivity contribution is 0.0951. The van der Waals surface area contributed by atoms with Crippen LogP contribution in [0.25, 0.3) is 0 Å². The minimum Gasteiger partial charge on any atom is -0.348 e. The summed E-state index contributed by atoms with van der Waals surface area (Å²) < 4.78 is 1.88. The Morgan fingerprint density at radius 1 is 1.00 bits per heavy atom. The number of carbonyl (C=O) groups is 1. The number of carbonyl (C=O) groups excluding carboxylic acids is 1. The summed E-state index contributed by atoms with van der Waals surface area (Å²) in [6.07, 6.45) is 3.71. The van der Waals surface area contributed by atoms with Crippen LogP contribution in [-0.4, -0.2) is 15.7 Å². The Morgan fingerprint density at radius 3 is 2.31 bits per heavy atom. The monoisotopic (exact) mass is 347 g/mol. The Morgan fingerprint density at radius 2 is 1.69 bits per heavy atom. The minimum absolute atomic E-state index is 0.0562. The van der Waals surface area contributed by atoms with Gasteiger partial charge in [0.1, 0.15) is 0 Å². The summed E-state index contributed by atoms with van der Waals surface area (Å²) in [6.45, 7) is 7.69. The second-order valence-corrected chi connectivity index (χ2v) is 7.48. The van der Waals surface area contributed by atoms with Gasteiger partial charge in [-0.25, -0.2) is 0 Å². The van der Waals surface area contributed by atoms with Crippen molar-refractivity contribution in [2.75, 3.05) is 0 Å². The Kier molecular flexibility index (Phi) is 5.21. The molecule has 0 aliphatic heterocycles. The van der Waals surface area contributed by atoms with Crippen LogP contribution in [0.3, 0.4) is 0 Å². The smallest absolute Gasteiger partial charge is 0.251 e. The molecule has 0 bridgehead atoms. The van der Waals surface area contributed by atoms with Gasteiger partial charge in [0.15, 0.2) is 0 Å². The summed E-state index contributed by atoms with van der Waals surface area (Å²) in [5.74, 6) is -0.0562. The van der Waals surface area contributed by atoms with E-state index in [0.29, 0.717) is 18.7 Å². The minimum atomic E-state index is -0.0562. The second kappa shape index (κ2) is 7.56. The molecule has 0 spiro atoms. The average Bonchev–Trinajstić information content (AvgIpc) is 3.13. The fraction of sp³-hybridized carbons (Fsp3) is 0.273. The summed E-state index contributed by atoms with van der Waals surface area (Å²) >= 11 is 0. The summed E-state index contributed by atoms with van der Waals surface area (Å²) in [4.78, 5) is 12.5. The van der Waals surface area contributed by atoms with Crippen LogP contribution in [0.5, 0.6) is 0 Å². The maximum absolute atomic E-state index is 12.5. The predicted octanol–water partition coefficient (Wildman–Crippen LogP) is 4.16. The van der Waals surface area contributed by atoms with E-state index >= 15 is 0 Å². The molecule has 0 unspecified atom stereocenters. The van der Waals surface area contributed by atoms with Crippen LogP contribution in [-0.2, 0) is 18.5 Å². The molecule has 4 heteroatoms. The van der Waals surface area contributed by atoms with E-state index in [9.17, 15) is 4.79 Å². The van der Waals surface area contributed by atoms with E-state index in [1.165, 1.54) is 5.56 Å². The Labute approximate surface area is 154 Å². The van der Waals surface area contributed by atoms with Gasteiger partial charge in [-0.15, -0.1) is 0 Å². The van der Waals surface area contributed by atoms with Crippen LogP contribution in [0.2, 0.25) is 0 Å². The van der Waals surface area contributed by atoms with E-state index in [-0.39, 0.29) is 11.3 Å². The van der Waals surface area contributed by atoms with Crippen LogP contribution >= 0.6 is 0 Å². The molecule has 1 heterocycles. The highest BCUT2D eigenvalue weighted by atomic mass is 16.1. The number of benzene rings is 2. The van der Waals surface area contributed by atoms with Gasteiger partial charge in [-0.2, -0.15) is 5.10 Å². The van der Waals surface area contributed by atoms with E-state index in [4.69, 9.17) is 0 Å². The number of amides is 1. The zero-order valence-corrected chi connectivity index (χ0v) is 15.6. The average molecular weight is 347 g/mol. The largest absolute Gasteiger partial charge is 0.348 e. The zero-order chi connectivity index (χ0) is 18.6. The molecular formula is C22H25N3O. The van der Waals surface area contributed by atoms with E-state index < -0.39 is 0 Å². The van der Waals surface area contributed by atoms with Gasteiger partial charge >= 0.3 is 0 Å². The molecule has 0 saturated carbocycles. The van der Waals surface area contributed by atoms with E-state index in [0.717, 1.165) is 11.1 Å². The molecule has 0 fully saturated rings. The van der Waals surface area contributed by atoms with Gasteiger partial charge in [-0.3, -0.25) is 9.48 Å². The molecule has 3 rings (SSSR count). The zero-order valence-electron chi connectivity index (χ0n) is 15.6. The molecule has 134 valence electrons. The van der Waals surface area contributed by atoms with Gasteiger partial charge in [0.25, 0.3) is 5.91 Å². The lowest BCUT2D eigenvalue weighted by atomic mass is 9.87. The van der Waals surface area contributed by atoms with Crippen LogP contribution in [0.4, 0.5) is 0 Å². The second-order valence-electron chi connectivity index (χ2n) is 7.48. The third-order valence-electron chi connectivity index (χ3n) is 4.46. The lowest BCUT2D eigenvalue weighted by Gasteiger charge is -2.19. The maximum atomic E-state index is 12.5. The molecule has 1 aromatic heterocycles. The van der Waals surface area contributed by atoms with Crippen molar-refractivity contribution in [3.63, 3.8) is 0 Å². The van der Waals surface area contributed by atoms with Crippen LogP contribution < -0.4 is 5.32 Å². The highest BCUT2D eigenvalue weighted by molar-refractivity contribution is 5.94. The molecule has 4 nitrogen and oxygen atoms in total. The van der Waals surface area contributed by atoms with E-state index in [2.05, 4.69) is 37.3 Å². The molecule has 0 aliphatic carbocycles. The number of hydrogen-bond donors (Lipinski definition) is 1. The quantitative estimate of drug-likeness (QED) is 0.753. The molecule has 0 atom stereocenters. The first-order valence-corrected chi connectivity index (χ1v) is 8.86. The molecule has 2 aromatic carbocycles. The first-order valence-electron chi connectivity index (χ1n) is 8.86. The van der Waals surface area contributed by atoms with Gasteiger partial charge in [-0.05, 0) is 40.3 Å². The van der Waals surface area contributed by atoms with Crippen molar-refractivity contribution in [2.24, 2.45) is 0 Å². The summed E-state index contributed by atoms with van der Waals surface area (Å²) in [5, 5.41) is 7.28.